The van der Waals surface area contributed by atoms with E-state index in [2.05, 4.69) is 64.0 Å². The molecule has 0 aliphatic carbocycles. The van der Waals surface area contributed by atoms with Crippen molar-refractivity contribution in [1.82, 2.24) is 20.3 Å². The van der Waals surface area contributed by atoms with Gasteiger partial charge in [-0.05, 0) is 49.4 Å². The topological polar surface area (TPSA) is 92.5 Å². The zero-order valence-electron chi connectivity index (χ0n) is 21.0. The number of rotatable bonds is 6. The number of aryl methyl sites for hydroxylation is 1. The Morgan fingerprint density at radius 3 is 2.71 bits per heavy atom. The molecule has 182 valence electrons. The average Bonchev–Trinajstić information content (AvgIpc) is 3.35. The molecule has 8 heteroatoms. The molecule has 1 unspecified atom stereocenters. The van der Waals surface area contributed by atoms with Crippen LogP contribution >= 0.6 is 11.3 Å². The van der Waals surface area contributed by atoms with Crippen molar-refractivity contribution < 1.29 is 4.79 Å². The first-order chi connectivity index (χ1) is 16.7. The van der Waals surface area contributed by atoms with Gasteiger partial charge < -0.3 is 5.32 Å². The second kappa shape index (κ2) is 10.6. The Kier molecular flexibility index (Phi) is 7.50. The lowest BCUT2D eigenvalue weighted by Crippen LogP contribution is -2.22. The zero-order valence-corrected chi connectivity index (χ0v) is 21.8. The van der Waals surface area contributed by atoms with Gasteiger partial charge in [-0.15, -0.1) is 11.3 Å². The number of carbonyl (C=O) groups is 1. The summed E-state index contributed by atoms with van der Waals surface area (Å²) in [4.78, 5) is 35.8. The number of carbonyl (C=O) groups excluding carboxylic acids is 1. The number of thiazole rings is 1. The van der Waals surface area contributed by atoms with E-state index < -0.39 is 0 Å². The summed E-state index contributed by atoms with van der Waals surface area (Å²) < 4.78 is 0. The van der Waals surface area contributed by atoms with Gasteiger partial charge in [-0.2, -0.15) is 0 Å². The summed E-state index contributed by atoms with van der Waals surface area (Å²) in [6.07, 6.45) is 8.22. The highest BCUT2D eigenvalue weighted by molar-refractivity contribution is 7.13. The number of nitrogens with zero attached hydrogens (tertiary/aromatic N) is 5. The molecule has 1 aromatic carbocycles. The summed E-state index contributed by atoms with van der Waals surface area (Å²) in [5.74, 6) is 0.351. The molecule has 0 saturated heterocycles. The van der Waals surface area contributed by atoms with Crippen LogP contribution in [0.15, 0.2) is 46.6 Å². The number of hydrogen-bond acceptors (Lipinski definition) is 7. The summed E-state index contributed by atoms with van der Waals surface area (Å²) in [5, 5.41) is 3.97. The molecule has 1 atom stereocenters. The van der Waals surface area contributed by atoms with Crippen molar-refractivity contribution in [2.45, 2.75) is 71.9 Å². The number of aromatic nitrogens is 3. The van der Waals surface area contributed by atoms with Crippen LogP contribution in [0, 0.1) is 6.92 Å². The van der Waals surface area contributed by atoms with Crippen molar-refractivity contribution in [3.63, 3.8) is 0 Å². The molecule has 1 aliphatic heterocycles. The highest BCUT2D eigenvalue weighted by Gasteiger charge is 2.20. The third-order valence-corrected chi connectivity index (χ3v) is 7.40. The molecule has 7 nitrogen and oxygen atoms in total. The fourth-order valence-corrected chi connectivity index (χ4v) is 4.66. The van der Waals surface area contributed by atoms with E-state index >= 15 is 0 Å². The van der Waals surface area contributed by atoms with Gasteiger partial charge in [0.25, 0.3) is 5.91 Å². The summed E-state index contributed by atoms with van der Waals surface area (Å²) in [7, 11) is 0. The van der Waals surface area contributed by atoms with E-state index in [1.54, 1.807) is 12.4 Å². The third-order valence-electron chi connectivity index (χ3n) is 5.97. The smallest absolute Gasteiger partial charge is 0.263 e. The molecular formula is C27H32N6OS. The molecule has 0 fully saturated rings. The van der Waals surface area contributed by atoms with Gasteiger partial charge in [0.1, 0.15) is 4.88 Å². The lowest BCUT2D eigenvalue weighted by molar-refractivity contribution is 0.0954. The molecule has 3 heterocycles. The Balaban J connectivity index is 1.43. The molecule has 2 aromatic heterocycles. The first-order valence-electron chi connectivity index (χ1n) is 12.0. The van der Waals surface area contributed by atoms with Gasteiger partial charge in [0.15, 0.2) is 0 Å². The van der Waals surface area contributed by atoms with Crippen LogP contribution in [-0.4, -0.2) is 38.8 Å². The van der Waals surface area contributed by atoms with Gasteiger partial charge in [0.05, 0.1) is 28.7 Å². The van der Waals surface area contributed by atoms with Crippen LogP contribution in [0.1, 0.15) is 72.8 Å². The molecule has 0 saturated carbocycles. The molecular weight excluding hydrogens is 456 g/mol. The molecule has 0 radical (unpaired) electrons. The molecule has 35 heavy (non-hydrogen) atoms. The van der Waals surface area contributed by atoms with E-state index in [0.717, 1.165) is 52.4 Å². The van der Waals surface area contributed by atoms with Gasteiger partial charge in [0.2, 0.25) is 5.95 Å². The predicted molar refractivity (Wildman–Crippen MR) is 143 cm³/mol. The minimum atomic E-state index is -0.0995. The van der Waals surface area contributed by atoms with E-state index in [1.165, 1.54) is 11.3 Å². The maximum atomic E-state index is 12.6. The molecule has 1 amide bonds. The maximum Gasteiger partial charge on any atom is 0.263 e. The Labute approximate surface area is 210 Å². The van der Waals surface area contributed by atoms with E-state index in [4.69, 9.17) is 0 Å². The largest absolute Gasteiger partial charge is 0.347 e. The van der Waals surface area contributed by atoms with E-state index in [-0.39, 0.29) is 11.3 Å². The zero-order chi connectivity index (χ0) is 25.0. The minimum absolute atomic E-state index is 0.0649. The second-order valence-electron chi connectivity index (χ2n) is 9.83. The van der Waals surface area contributed by atoms with Crippen LogP contribution in [0.25, 0.3) is 11.3 Å². The van der Waals surface area contributed by atoms with Crippen LogP contribution in [-0.2, 0) is 12.0 Å². The van der Waals surface area contributed by atoms with Crippen LogP contribution in [0.4, 0.5) is 5.95 Å². The normalized spacial score (nSPS) is 17.1. The number of amides is 1. The number of hydrogen-bond donors (Lipinski definition) is 1. The number of aliphatic imine (C=N–C) groups is 2. The maximum absolute atomic E-state index is 12.6. The van der Waals surface area contributed by atoms with Crippen molar-refractivity contribution in [2.75, 3.05) is 0 Å². The fraction of sp³-hybridized carbons (Fsp3) is 0.407. The van der Waals surface area contributed by atoms with E-state index in [1.807, 2.05) is 31.3 Å². The minimum Gasteiger partial charge on any atom is -0.347 e. The molecule has 1 N–H and O–H groups in total. The van der Waals surface area contributed by atoms with Gasteiger partial charge in [-0.1, -0.05) is 39.8 Å². The van der Waals surface area contributed by atoms with Gasteiger partial charge in [-0.25, -0.2) is 19.9 Å². The predicted octanol–water partition coefficient (Wildman–Crippen LogP) is 5.85. The van der Waals surface area contributed by atoms with Crippen LogP contribution in [0.5, 0.6) is 0 Å². The summed E-state index contributed by atoms with van der Waals surface area (Å²) in [5.41, 5.74) is 4.80. The third kappa shape index (κ3) is 6.25. The lowest BCUT2D eigenvalue weighted by atomic mass is 9.98. The van der Waals surface area contributed by atoms with E-state index in [0.29, 0.717) is 23.4 Å². The molecule has 0 spiro atoms. The van der Waals surface area contributed by atoms with Gasteiger partial charge >= 0.3 is 0 Å². The van der Waals surface area contributed by atoms with Crippen molar-refractivity contribution in [3.8, 4) is 11.3 Å². The summed E-state index contributed by atoms with van der Waals surface area (Å²) in [6, 6.07) is 8.42. The van der Waals surface area contributed by atoms with Crippen molar-refractivity contribution >= 4 is 35.1 Å². The monoisotopic (exact) mass is 488 g/mol. The van der Waals surface area contributed by atoms with Crippen molar-refractivity contribution in [3.05, 3.63) is 57.7 Å². The van der Waals surface area contributed by atoms with Crippen LogP contribution in [0.2, 0.25) is 0 Å². The van der Waals surface area contributed by atoms with E-state index in [9.17, 15) is 4.79 Å². The summed E-state index contributed by atoms with van der Waals surface area (Å²) in [6.45, 7) is 10.9. The van der Waals surface area contributed by atoms with Crippen molar-refractivity contribution in [2.24, 2.45) is 9.98 Å². The van der Waals surface area contributed by atoms with Gasteiger partial charge in [0, 0.05) is 29.9 Å². The lowest BCUT2D eigenvalue weighted by Gasteiger charge is -2.14. The Hall–Kier alpha value is -3.26. The molecule has 4 rings (SSSR count). The SMILES string of the molecule is CCC1CCC(=Nc2nccc(-c3ccc(CNC(=O)c4cnc(C(C)(C)C)s4)c(C)c3)n2)C=N1. The number of benzene rings is 1. The van der Waals surface area contributed by atoms with Crippen LogP contribution < -0.4 is 5.32 Å². The first kappa shape index (κ1) is 24.9. The Morgan fingerprint density at radius 2 is 2.06 bits per heavy atom. The molecule has 0 bridgehead atoms. The number of nitrogens with one attached hydrogen (secondary N) is 1. The average molecular weight is 489 g/mol. The highest BCUT2D eigenvalue weighted by Crippen LogP contribution is 2.27. The molecule has 3 aromatic rings. The first-order valence-corrected chi connectivity index (χ1v) is 12.8. The summed E-state index contributed by atoms with van der Waals surface area (Å²) >= 11 is 1.45. The molecule has 1 aliphatic rings. The standard InChI is InChI=1S/C27H32N6OS/c1-6-20-9-10-21(15-29-20)32-26-28-12-11-22(33-26)18-7-8-19(17(2)13-18)14-30-24(34)23-16-31-25(35-23)27(3,4)5/h7-8,11-13,15-16,20H,6,9-10,14H2,1-5H3,(H,30,34). The van der Waals surface area contributed by atoms with Crippen LogP contribution in [0.3, 0.4) is 0 Å². The Bertz CT molecular complexity index is 1270. The quantitative estimate of drug-likeness (QED) is 0.471. The van der Waals surface area contributed by atoms with Gasteiger partial charge in [-0.3, -0.25) is 9.79 Å². The highest BCUT2D eigenvalue weighted by atomic mass is 32.1. The fourth-order valence-electron chi connectivity index (χ4n) is 3.77. The Morgan fingerprint density at radius 1 is 1.23 bits per heavy atom. The second-order valence-corrected chi connectivity index (χ2v) is 10.9. The van der Waals surface area contributed by atoms with Crippen molar-refractivity contribution in [1.29, 1.82) is 0 Å².